The number of hydrogen-bond donors (Lipinski definition) is 6. The molecule has 14 rings (SSSR count). The Labute approximate surface area is 855 Å². The summed E-state index contributed by atoms with van der Waals surface area (Å²) in [5.41, 5.74) is 25.8. The van der Waals surface area contributed by atoms with Gasteiger partial charge < -0.3 is 61.3 Å². The van der Waals surface area contributed by atoms with Gasteiger partial charge in [0.25, 0.3) is 0 Å². The van der Waals surface area contributed by atoms with E-state index in [9.17, 15) is 57.0 Å². The third kappa shape index (κ3) is 28.8. The molecule has 0 saturated heterocycles. The van der Waals surface area contributed by atoms with E-state index in [2.05, 4.69) is 49.8 Å². The number of halogens is 4. The molecule has 0 fully saturated rings. The number of fused-ring (bicyclic) bond motifs is 14. The Morgan fingerprint density at radius 1 is 0.445 bits per heavy atom. The van der Waals surface area contributed by atoms with Crippen LogP contribution in [0.4, 0.5) is 73.4 Å². The van der Waals surface area contributed by atoms with Crippen LogP contribution in [0.3, 0.4) is 0 Å². The van der Waals surface area contributed by atoms with E-state index in [1.807, 2.05) is 24.3 Å². The first kappa shape index (κ1) is 103. The number of carbonyl (C=O) groups excluding carboxylic acids is 2. The number of rotatable bonds is 4. The Balaban J connectivity index is -0.00000153. The number of H-pyrrole nitrogens is 2. The van der Waals surface area contributed by atoms with Crippen LogP contribution in [0.15, 0.2) is 131 Å². The number of ether oxygens (including phenoxy) is 6. The number of aromatic nitrogens is 12. The van der Waals surface area contributed by atoms with Gasteiger partial charge in [0.05, 0.1) is 49.2 Å². The van der Waals surface area contributed by atoms with Gasteiger partial charge in [-0.25, -0.2) is 76.6 Å². The summed E-state index contributed by atoms with van der Waals surface area (Å²) in [5, 5.41) is 23.3. The molecule has 10 aromatic rings. The molecule has 0 unspecified atom stereocenters. The fourth-order valence-electron chi connectivity index (χ4n) is 11.4. The number of aryl methyl sites for hydroxylation is 4. The summed E-state index contributed by atoms with van der Waals surface area (Å²) in [5.74, 6) is -0.879. The Bertz CT molecular complexity index is 5130. The number of imidazole rings is 2. The second kappa shape index (κ2) is 52.2. The Kier molecular flexibility index (Phi) is 45.2. The fourth-order valence-corrected chi connectivity index (χ4v) is 11.4. The number of nitrogen functional groups attached to an aromatic ring is 4. The first-order valence-corrected chi connectivity index (χ1v) is 34.3. The molecule has 4 aromatic carbocycles. The summed E-state index contributed by atoms with van der Waals surface area (Å²) >= 11 is 0. The Hall–Kier alpha value is -6.48. The number of anilines is 6. The van der Waals surface area contributed by atoms with Crippen molar-refractivity contribution in [2.24, 2.45) is 0 Å². The molecule has 4 aliphatic rings. The molecule has 0 spiro atoms. The maximum Gasteiger partial charge on any atom is 0.415 e. The van der Waals surface area contributed by atoms with E-state index in [-0.39, 0.29) is 381 Å². The summed E-state index contributed by atoms with van der Waals surface area (Å²) in [6.45, 7) is 4.20. The normalized spacial score (nSPS) is 14.3. The van der Waals surface area contributed by atoms with E-state index in [1.165, 1.54) is 57.7 Å². The second-order valence-corrected chi connectivity index (χ2v) is 24.3. The molecule has 6 aromatic heterocycles. The molecule has 34 nitrogen and oxygen atoms in total. The van der Waals surface area contributed by atoms with Crippen LogP contribution in [0.5, 0.6) is 23.0 Å². The number of nitrogens with zero attached hydrogens (tertiary/aromatic N) is 14. The molecule has 119 heavy (non-hydrogen) atoms. The molecular formula is C74H88F4N20O14U7. The molecule has 0 saturated carbocycles. The first-order chi connectivity index (χ1) is 56.0. The molecular weight excluding hydrogens is 3140 g/mol. The van der Waals surface area contributed by atoms with Crippen molar-refractivity contribution in [2.45, 2.75) is 106 Å². The third-order valence-electron chi connectivity index (χ3n) is 16.6. The molecule has 0 atom stereocenters. The van der Waals surface area contributed by atoms with Gasteiger partial charge in [-0.05, 0) is 110 Å². The van der Waals surface area contributed by atoms with Gasteiger partial charge in [0.15, 0.2) is 69.2 Å². The van der Waals surface area contributed by atoms with Crippen LogP contribution in [0.1, 0.15) is 110 Å². The van der Waals surface area contributed by atoms with E-state index in [0.29, 0.717) is 96.5 Å². The molecule has 10 heterocycles. The molecule has 2 amide bonds. The SMILES string of the molecule is C.C.CCOC(=O)N1Cc2ccc(F)c(c2)OC/C=C/CCc2nc(N)c([N+](=O)[O-])c1n2.CCOC(=O)N1Cc2ccc(F)c(c2)OC/C=C\CCc2nc(N)c([N+](=O)[O-])c1n2.Nc1nc2nc3c1[nH]c(=O)n3Cc1ccc(F)c(c1)OC/C=C/CC2.Nc1nc2nc3c1[nH]c(=O)n3Cc1ccc(F)c(c1)OC/C=C\CC2.[3HH].[3H][3H].[3H][3H].[3H][3H].[U].[U].[U].[U].[U].[U].[U]. The van der Waals surface area contributed by atoms with Crippen LogP contribution in [0, 0.1) is 261 Å². The molecule has 0 aliphatic carbocycles. The smallest absolute Gasteiger partial charge is 0.415 e. The van der Waals surface area contributed by atoms with Crippen LogP contribution >= 0.6 is 0 Å². The van der Waals surface area contributed by atoms with E-state index in [4.69, 9.17) is 60.3 Å². The van der Waals surface area contributed by atoms with Crippen LogP contribution in [0.2, 0.25) is 0 Å². The zero-order valence-corrected chi connectivity index (χ0v) is 91.7. The summed E-state index contributed by atoms with van der Waals surface area (Å²) in [4.78, 5) is 113. The van der Waals surface area contributed by atoms with Crippen molar-refractivity contribution in [3.63, 3.8) is 0 Å². The van der Waals surface area contributed by atoms with Crippen molar-refractivity contribution in [3.05, 3.63) is 231 Å². The largest absolute Gasteiger partial charge is 0.486 e. The Morgan fingerprint density at radius 2 is 0.714 bits per heavy atom. The van der Waals surface area contributed by atoms with Crippen LogP contribution in [-0.4, -0.2) is 121 Å². The van der Waals surface area contributed by atoms with E-state index < -0.39 is 56.7 Å². The minimum atomic E-state index is -0.858. The number of nitrogens with one attached hydrogen (secondary N) is 2. The summed E-state index contributed by atoms with van der Waals surface area (Å²) in [6.07, 6.45) is 16.9. The zero-order chi connectivity index (χ0) is 84.1. The quantitative estimate of drug-likeness (QED) is 0.0412. The Morgan fingerprint density at radius 3 is 0.992 bits per heavy atom. The van der Waals surface area contributed by atoms with Crippen LogP contribution in [0.25, 0.3) is 22.3 Å². The number of nitrogens with two attached hydrogens (primary N) is 4. The predicted molar refractivity (Wildman–Crippen MR) is 415 cm³/mol. The predicted octanol–water partition coefficient (Wildman–Crippen LogP) is 12.1. The topological polar surface area (TPSA) is 465 Å². The number of hydrogen-bond acceptors (Lipinski definition) is 26. The van der Waals surface area contributed by atoms with Gasteiger partial charge in [0, 0.05) is 254 Å². The maximum atomic E-state index is 14.1. The second-order valence-electron chi connectivity index (χ2n) is 24.3. The molecule has 45 heteroatoms. The van der Waals surface area contributed by atoms with Crippen molar-refractivity contribution < 1.29 is 294 Å². The number of carbonyl (C=O) groups is 2. The molecule has 0 radical (unpaired) electrons. The fraction of sp³-hybridized carbons (Fsp3) is 0.297. The van der Waals surface area contributed by atoms with Crippen molar-refractivity contribution >= 4 is 80.8 Å². The zero-order valence-electron chi connectivity index (χ0n) is 68.6. The summed E-state index contributed by atoms with van der Waals surface area (Å²) in [7, 11) is 0. The van der Waals surface area contributed by atoms with Gasteiger partial charge in [-0.2, -0.15) is 0 Å². The van der Waals surface area contributed by atoms with Crippen molar-refractivity contribution in [2.75, 3.05) is 72.4 Å². The average Bonchev–Trinajstić information content (AvgIpc) is 1.31. The average molecular weight is 3240 g/mol. The number of amides is 2. The molecule has 624 valence electrons. The third-order valence-corrected chi connectivity index (χ3v) is 16.6. The number of aromatic amines is 2. The van der Waals surface area contributed by atoms with Crippen molar-refractivity contribution in [3.8, 4) is 23.0 Å². The summed E-state index contributed by atoms with van der Waals surface area (Å²) < 4.78 is 121. The van der Waals surface area contributed by atoms with Gasteiger partial charge >= 0.3 is 34.9 Å². The van der Waals surface area contributed by atoms with Crippen molar-refractivity contribution in [1.82, 2.24) is 59.0 Å². The summed E-state index contributed by atoms with van der Waals surface area (Å²) in [6, 6.07) is 17.1. The molecule has 16 bridgehead atoms. The van der Waals surface area contributed by atoms with E-state index in [0.717, 1.165) is 20.9 Å². The number of allylic oxidation sites excluding steroid dienone is 4. The van der Waals surface area contributed by atoms with Gasteiger partial charge in [0.1, 0.15) is 60.8 Å². The van der Waals surface area contributed by atoms with Crippen LogP contribution in [-0.2, 0) is 61.3 Å². The first-order valence-electron chi connectivity index (χ1n) is 37.3. The minimum Gasteiger partial charge on any atom is -0.486 e. The molecule has 10 N–H and O–H groups in total. The van der Waals surface area contributed by atoms with Gasteiger partial charge in [-0.15, -0.1) is 0 Å². The van der Waals surface area contributed by atoms with Gasteiger partial charge in [0.2, 0.25) is 23.3 Å². The van der Waals surface area contributed by atoms with E-state index >= 15 is 0 Å². The number of benzene rings is 4. The van der Waals surface area contributed by atoms with Gasteiger partial charge in [-0.3, -0.25) is 39.2 Å². The number of nitro groups is 2. The standard InChI is InChI=1S/2C19H20FN5O5.2C17H16FN5O2.2CH4.7U.4H2/c2*1-2-29-19(26)24-11-12-7-8-13(20)14(10-12)30-9-5-3-4-6-15-22-17(21)16(25(27)28)18(24)23-15;2*18-11-6-5-10-8-12(11)25-7-3-1-2-4-13-20-15(19)14-16(21-13)23(9-10)17(24)22-14;;;;;;;;;;;;;/h2*3,5,7-8,10H,2,4,6,9,11H2,1H3,(H2,21,22,23);2*1,3,5-6,8H,2,4,7,9H2,(H,22,24)(H2,19,20,21);2*1H4;;;;;;;;4*1H/b5-3+;5-3-;3-1+;3-1-;;;;;;;;;;;;;/i;;;;;;;;;;;;;3*1+2T;1+2. The minimum absolute atomic E-state index is 0. The van der Waals surface area contributed by atoms with Gasteiger partial charge in [-0.1, -0.05) is 87.7 Å². The molecule has 4 aliphatic heterocycles. The monoisotopic (exact) mass is 3240 g/mol. The maximum absolute atomic E-state index is 14.1. The van der Waals surface area contributed by atoms with Crippen LogP contribution < -0.4 is 63.1 Å². The van der Waals surface area contributed by atoms with E-state index in [1.54, 1.807) is 62.4 Å². The van der Waals surface area contributed by atoms with Crippen molar-refractivity contribution in [1.29, 1.82) is 0 Å².